The highest BCUT2D eigenvalue weighted by molar-refractivity contribution is 9.09. The summed E-state index contributed by atoms with van der Waals surface area (Å²) in [6, 6.07) is 8.51. The van der Waals surface area contributed by atoms with Crippen molar-refractivity contribution in [2.75, 3.05) is 0 Å². The molecule has 1 heterocycles. The average molecular weight is 295 g/mol. The van der Waals surface area contributed by atoms with Crippen molar-refractivity contribution in [3.8, 4) is 0 Å². The van der Waals surface area contributed by atoms with Crippen LogP contribution < -0.4 is 0 Å². The summed E-state index contributed by atoms with van der Waals surface area (Å²) >= 11 is 3.62. The summed E-state index contributed by atoms with van der Waals surface area (Å²) in [6.07, 6.45) is 1.06. The Balaban J connectivity index is 2.42. The standard InChI is InChI=1S/C15H19BrO/c1-10-5-6-13-12(7-10)8-14(17-13)15(3,4)9-11(2)16/h5-8,11H,9H2,1-4H3. The Labute approximate surface area is 111 Å². The lowest BCUT2D eigenvalue weighted by atomic mass is 9.85. The number of halogens is 1. The van der Waals surface area contributed by atoms with Crippen LogP contribution in [0.1, 0.15) is 38.5 Å². The van der Waals surface area contributed by atoms with Gasteiger partial charge in [0.1, 0.15) is 11.3 Å². The quantitative estimate of drug-likeness (QED) is 0.710. The maximum atomic E-state index is 5.97. The Hall–Kier alpha value is -0.760. The van der Waals surface area contributed by atoms with Crippen LogP contribution in [0.4, 0.5) is 0 Å². The Bertz CT molecular complexity index is 523. The van der Waals surface area contributed by atoms with Crippen LogP contribution >= 0.6 is 15.9 Å². The highest BCUT2D eigenvalue weighted by atomic mass is 79.9. The Kier molecular flexibility index (Phi) is 3.35. The molecule has 1 unspecified atom stereocenters. The first-order valence-corrected chi connectivity index (χ1v) is 6.95. The van der Waals surface area contributed by atoms with E-state index in [1.165, 1.54) is 10.9 Å². The third kappa shape index (κ3) is 2.74. The van der Waals surface area contributed by atoms with E-state index in [-0.39, 0.29) is 5.41 Å². The lowest BCUT2D eigenvalue weighted by Crippen LogP contribution is -2.19. The molecule has 2 heteroatoms. The van der Waals surface area contributed by atoms with E-state index in [9.17, 15) is 0 Å². The smallest absolute Gasteiger partial charge is 0.134 e. The molecule has 0 amide bonds. The van der Waals surface area contributed by atoms with Gasteiger partial charge in [-0.3, -0.25) is 0 Å². The van der Waals surface area contributed by atoms with Gasteiger partial charge in [0.25, 0.3) is 0 Å². The number of rotatable bonds is 3. The van der Waals surface area contributed by atoms with Crippen molar-refractivity contribution in [2.45, 2.75) is 44.4 Å². The van der Waals surface area contributed by atoms with Gasteiger partial charge >= 0.3 is 0 Å². The molecule has 0 radical (unpaired) electrons. The van der Waals surface area contributed by atoms with Gasteiger partial charge in [-0.15, -0.1) is 0 Å². The topological polar surface area (TPSA) is 13.1 Å². The number of hydrogen-bond donors (Lipinski definition) is 0. The predicted molar refractivity (Wildman–Crippen MR) is 77.0 cm³/mol. The predicted octanol–water partition coefficient (Wildman–Crippen LogP) is 5.19. The zero-order valence-corrected chi connectivity index (χ0v) is 12.5. The van der Waals surface area contributed by atoms with Gasteiger partial charge in [-0.25, -0.2) is 0 Å². The maximum Gasteiger partial charge on any atom is 0.134 e. The molecule has 1 aromatic carbocycles. The molecule has 1 nitrogen and oxygen atoms in total. The highest BCUT2D eigenvalue weighted by Gasteiger charge is 2.26. The molecule has 2 aromatic rings. The summed E-state index contributed by atoms with van der Waals surface area (Å²) in [5, 5.41) is 1.20. The average Bonchev–Trinajstić information content (AvgIpc) is 2.58. The molecule has 0 spiro atoms. The number of fused-ring (bicyclic) bond motifs is 1. The van der Waals surface area contributed by atoms with Gasteiger partial charge in [-0.05, 0) is 31.5 Å². The molecule has 0 aliphatic carbocycles. The summed E-state index contributed by atoms with van der Waals surface area (Å²) < 4.78 is 5.97. The summed E-state index contributed by atoms with van der Waals surface area (Å²) in [5.74, 6) is 1.07. The molecule has 1 atom stereocenters. The van der Waals surface area contributed by atoms with Gasteiger partial charge in [-0.1, -0.05) is 48.3 Å². The van der Waals surface area contributed by atoms with Crippen LogP contribution in [0.5, 0.6) is 0 Å². The van der Waals surface area contributed by atoms with Gasteiger partial charge in [-0.2, -0.15) is 0 Å². The first-order chi connectivity index (χ1) is 7.88. The Morgan fingerprint density at radius 2 is 2.00 bits per heavy atom. The maximum absolute atomic E-state index is 5.97. The third-order valence-electron chi connectivity index (χ3n) is 3.13. The van der Waals surface area contributed by atoms with E-state index < -0.39 is 0 Å². The van der Waals surface area contributed by atoms with Crippen LogP contribution in [0.25, 0.3) is 11.0 Å². The van der Waals surface area contributed by atoms with Crippen molar-refractivity contribution in [3.05, 3.63) is 35.6 Å². The zero-order chi connectivity index (χ0) is 12.6. The highest BCUT2D eigenvalue weighted by Crippen LogP contribution is 2.34. The number of alkyl halides is 1. The van der Waals surface area contributed by atoms with Crippen LogP contribution in [-0.4, -0.2) is 4.83 Å². The van der Waals surface area contributed by atoms with E-state index in [1.807, 2.05) is 0 Å². The fourth-order valence-electron chi connectivity index (χ4n) is 2.30. The Morgan fingerprint density at radius 1 is 1.29 bits per heavy atom. The van der Waals surface area contributed by atoms with Crippen molar-refractivity contribution in [1.29, 1.82) is 0 Å². The molecule has 0 saturated heterocycles. The second-order valence-corrected chi connectivity index (χ2v) is 7.08. The molecule has 17 heavy (non-hydrogen) atoms. The summed E-state index contributed by atoms with van der Waals surface area (Å²) in [4.78, 5) is 0.493. The van der Waals surface area contributed by atoms with Gasteiger partial charge in [0.05, 0.1) is 0 Å². The molecule has 1 aromatic heterocycles. The van der Waals surface area contributed by atoms with Gasteiger partial charge in [0.2, 0.25) is 0 Å². The van der Waals surface area contributed by atoms with Crippen molar-refractivity contribution in [2.24, 2.45) is 0 Å². The van der Waals surface area contributed by atoms with Crippen LogP contribution in [-0.2, 0) is 5.41 Å². The van der Waals surface area contributed by atoms with Crippen LogP contribution in [0, 0.1) is 6.92 Å². The SMILES string of the molecule is Cc1ccc2oc(C(C)(C)CC(C)Br)cc2c1. The molecular weight excluding hydrogens is 276 g/mol. The normalized spacial score (nSPS) is 14.2. The van der Waals surface area contributed by atoms with Gasteiger partial charge in [0.15, 0.2) is 0 Å². The van der Waals surface area contributed by atoms with Crippen LogP contribution in [0.2, 0.25) is 0 Å². The van der Waals surface area contributed by atoms with E-state index in [0.29, 0.717) is 4.83 Å². The molecule has 0 N–H and O–H groups in total. The fraction of sp³-hybridized carbons (Fsp3) is 0.467. The van der Waals surface area contributed by atoms with Gasteiger partial charge < -0.3 is 4.42 Å². The lowest BCUT2D eigenvalue weighted by Gasteiger charge is -2.23. The third-order valence-corrected chi connectivity index (χ3v) is 3.45. The summed E-state index contributed by atoms with van der Waals surface area (Å²) in [7, 11) is 0. The fourth-order valence-corrected chi connectivity index (χ4v) is 3.11. The number of aryl methyl sites for hydroxylation is 1. The van der Waals surface area contributed by atoms with Crippen molar-refractivity contribution >= 4 is 26.9 Å². The van der Waals surface area contributed by atoms with Crippen molar-refractivity contribution in [3.63, 3.8) is 0 Å². The minimum atomic E-state index is 0.0653. The van der Waals surface area contributed by atoms with Crippen molar-refractivity contribution < 1.29 is 4.42 Å². The summed E-state index contributed by atoms with van der Waals surface area (Å²) in [6.45, 7) is 8.75. The van der Waals surface area contributed by atoms with Crippen LogP contribution in [0.3, 0.4) is 0 Å². The molecule has 0 bridgehead atoms. The minimum absolute atomic E-state index is 0.0653. The molecule has 92 valence electrons. The van der Waals surface area contributed by atoms with E-state index in [0.717, 1.165) is 17.8 Å². The second-order valence-electron chi connectivity index (χ2n) is 5.52. The summed E-state index contributed by atoms with van der Waals surface area (Å²) in [5.41, 5.74) is 2.33. The van der Waals surface area contributed by atoms with Gasteiger partial charge in [0, 0.05) is 15.6 Å². The largest absolute Gasteiger partial charge is 0.461 e. The molecule has 0 aliphatic rings. The van der Waals surface area contributed by atoms with E-state index >= 15 is 0 Å². The first-order valence-electron chi connectivity index (χ1n) is 6.03. The lowest BCUT2D eigenvalue weighted by molar-refractivity contribution is 0.380. The zero-order valence-electron chi connectivity index (χ0n) is 10.9. The van der Waals surface area contributed by atoms with E-state index in [2.05, 4.69) is 67.9 Å². The van der Waals surface area contributed by atoms with E-state index in [1.54, 1.807) is 0 Å². The minimum Gasteiger partial charge on any atom is -0.461 e. The monoisotopic (exact) mass is 294 g/mol. The van der Waals surface area contributed by atoms with Crippen LogP contribution in [0.15, 0.2) is 28.7 Å². The molecule has 0 fully saturated rings. The molecule has 0 saturated carbocycles. The number of furan rings is 1. The molecule has 2 rings (SSSR count). The molecule has 0 aliphatic heterocycles. The Morgan fingerprint density at radius 3 is 2.65 bits per heavy atom. The molecular formula is C15H19BrO. The number of hydrogen-bond acceptors (Lipinski definition) is 1. The number of benzene rings is 1. The van der Waals surface area contributed by atoms with Crippen molar-refractivity contribution in [1.82, 2.24) is 0 Å². The second kappa shape index (κ2) is 4.49. The first kappa shape index (κ1) is 12.7. The van der Waals surface area contributed by atoms with E-state index in [4.69, 9.17) is 4.42 Å².